The summed E-state index contributed by atoms with van der Waals surface area (Å²) in [6.07, 6.45) is 0.283. The Morgan fingerprint density at radius 3 is 2.62 bits per heavy atom. The number of hydrogen-bond acceptors (Lipinski definition) is 4. The molecule has 8 heteroatoms. The summed E-state index contributed by atoms with van der Waals surface area (Å²) in [5.41, 5.74) is -1.72. The first-order valence-electron chi connectivity index (χ1n) is 6.20. The van der Waals surface area contributed by atoms with Crippen LogP contribution in [-0.2, 0) is 4.79 Å². The number of likely N-dealkylation sites (tertiary alicyclic amines) is 1. The highest BCUT2D eigenvalue weighted by Gasteiger charge is 2.42. The third-order valence-corrected chi connectivity index (χ3v) is 3.62. The molecule has 0 radical (unpaired) electrons. The molecule has 1 aromatic rings. The maximum absolute atomic E-state index is 13.3. The zero-order valence-corrected chi connectivity index (χ0v) is 11.2. The van der Waals surface area contributed by atoms with Crippen LogP contribution < -0.4 is 0 Å². The number of nitrogens with zero attached hydrogens (tertiary/aromatic N) is 2. The summed E-state index contributed by atoms with van der Waals surface area (Å²) in [6, 6.07) is 2.62. The molecule has 21 heavy (non-hydrogen) atoms. The van der Waals surface area contributed by atoms with E-state index in [2.05, 4.69) is 0 Å². The molecule has 0 saturated carbocycles. The van der Waals surface area contributed by atoms with Crippen molar-refractivity contribution in [2.75, 3.05) is 13.1 Å². The molecule has 1 aliphatic rings. The Kier molecular flexibility index (Phi) is 3.63. The van der Waals surface area contributed by atoms with Crippen molar-refractivity contribution in [3.05, 3.63) is 39.7 Å². The molecule has 0 bridgehead atoms. The predicted octanol–water partition coefficient (Wildman–Crippen LogP) is 1.67. The highest BCUT2D eigenvalue weighted by molar-refractivity contribution is 5.95. The van der Waals surface area contributed by atoms with Crippen molar-refractivity contribution >= 4 is 17.6 Å². The number of non-ortho nitro benzene ring substituents is 1. The van der Waals surface area contributed by atoms with Crippen LogP contribution in [0.5, 0.6) is 0 Å². The third kappa shape index (κ3) is 2.83. The van der Waals surface area contributed by atoms with Gasteiger partial charge in [-0.3, -0.25) is 19.7 Å². The van der Waals surface area contributed by atoms with E-state index in [1.807, 2.05) is 0 Å². The summed E-state index contributed by atoms with van der Waals surface area (Å²) < 4.78 is 13.3. The first-order chi connectivity index (χ1) is 9.73. The fraction of sp³-hybridized carbons (Fsp3) is 0.385. The highest BCUT2D eigenvalue weighted by atomic mass is 19.1. The number of rotatable bonds is 3. The van der Waals surface area contributed by atoms with E-state index in [1.54, 1.807) is 0 Å². The van der Waals surface area contributed by atoms with Crippen molar-refractivity contribution in [2.24, 2.45) is 5.41 Å². The lowest BCUT2D eigenvalue weighted by molar-refractivity contribution is -0.385. The fourth-order valence-corrected chi connectivity index (χ4v) is 2.29. The van der Waals surface area contributed by atoms with Gasteiger partial charge in [-0.1, -0.05) is 0 Å². The maximum atomic E-state index is 13.3. The van der Waals surface area contributed by atoms with Crippen LogP contribution in [0.2, 0.25) is 0 Å². The highest BCUT2D eigenvalue weighted by Crippen LogP contribution is 2.31. The molecular formula is C13H13FN2O5. The van der Waals surface area contributed by atoms with Gasteiger partial charge in [0.15, 0.2) is 0 Å². The van der Waals surface area contributed by atoms with E-state index >= 15 is 0 Å². The quantitative estimate of drug-likeness (QED) is 0.675. The molecule has 1 amide bonds. The van der Waals surface area contributed by atoms with Crippen LogP contribution in [0.1, 0.15) is 23.7 Å². The zero-order valence-electron chi connectivity index (χ0n) is 11.2. The average Bonchev–Trinajstić information content (AvgIpc) is 2.81. The minimum Gasteiger partial charge on any atom is -0.481 e. The van der Waals surface area contributed by atoms with E-state index < -0.39 is 33.7 Å². The minimum atomic E-state index is -1.05. The second kappa shape index (κ2) is 5.12. The molecule has 7 nitrogen and oxygen atoms in total. The van der Waals surface area contributed by atoms with Crippen molar-refractivity contribution in [3.8, 4) is 0 Å². The number of nitro benzene ring substituents is 1. The first kappa shape index (κ1) is 14.9. The maximum Gasteiger partial charge on any atom is 0.311 e. The molecule has 1 aromatic carbocycles. The number of amides is 1. The number of hydrogen-bond donors (Lipinski definition) is 1. The van der Waals surface area contributed by atoms with E-state index in [0.29, 0.717) is 0 Å². The van der Waals surface area contributed by atoms with Crippen molar-refractivity contribution in [1.29, 1.82) is 0 Å². The smallest absolute Gasteiger partial charge is 0.311 e. The van der Waals surface area contributed by atoms with Crippen molar-refractivity contribution in [1.82, 2.24) is 4.90 Å². The lowest BCUT2D eigenvalue weighted by Gasteiger charge is -2.20. The van der Waals surface area contributed by atoms with Gasteiger partial charge in [0.25, 0.3) is 11.6 Å². The zero-order chi connectivity index (χ0) is 15.8. The van der Waals surface area contributed by atoms with Gasteiger partial charge in [0.05, 0.1) is 16.4 Å². The van der Waals surface area contributed by atoms with E-state index in [0.717, 1.165) is 18.2 Å². The summed E-state index contributed by atoms with van der Waals surface area (Å²) in [4.78, 5) is 34.5. The molecular weight excluding hydrogens is 283 g/mol. The van der Waals surface area contributed by atoms with Crippen LogP contribution in [0.4, 0.5) is 10.1 Å². The van der Waals surface area contributed by atoms with Crippen LogP contribution in [-0.4, -0.2) is 39.9 Å². The Bertz CT molecular complexity index is 633. The second-order valence-electron chi connectivity index (χ2n) is 5.30. The molecule has 2 rings (SSSR count). The predicted molar refractivity (Wildman–Crippen MR) is 69.3 cm³/mol. The van der Waals surface area contributed by atoms with Gasteiger partial charge >= 0.3 is 5.97 Å². The SMILES string of the molecule is CC1(C(=O)O)CCN(C(=O)c2cc(F)cc([N+](=O)[O-])c2)C1. The van der Waals surface area contributed by atoms with Crippen LogP contribution in [0.3, 0.4) is 0 Å². The van der Waals surface area contributed by atoms with Gasteiger partial charge < -0.3 is 10.0 Å². The molecule has 1 aliphatic heterocycles. The van der Waals surface area contributed by atoms with Gasteiger partial charge in [0.1, 0.15) is 5.82 Å². The number of carboxylic acid groups (broad SMARTS) is 1. The van der Waals surface area contributed by atoms with E-state index in [4.69, 9.17) is 5.11 Å². The van der Waals surface area contributed by atoms with E-state index in [-0.39, 0.29) is 25.1 Å². The Morgan fingerprint density at radius 2 is 2.10 bits per heavy atom. The van der Waals surface area contributed by atoms with Crippen LogP contribution in [0.25, 0.3) is 0 Å². The Morgan fingerprint density at radius 1 is 1.43 bits per heavy atom. The molecule has 1 N–H and O–H groups in total. The number of benzene rings is 1. The molecule has 0 spiro atoms. The number of nitro groups is 1. The summed E-state index contributed by atoms with van der Waals surface area (Å²) in [5, 5.41) is 19.8. The fourth-order valence-electron chi connectivity index (χ4n) is 2.29. The standard InChI is InChI=1S/C13H13FN2O5/c1-13(12(18)19)2-3-15(7-13)11(17)8-4-9(14)6-10(5-8)16(20)21/h4-6H,2-3,7H2,1H3,(H,18,19). The van der Waals surface area contributed by atoms with Crippen molar-refractivity contribution in [2.45, 2.75) is 13.3 Å². The van der Waals surface area contributed by atoms with Crippen LogP contribution >= 0.6 is 0 Å². The summed E-state index contributed by atoms with van der Waals surface area (Å²) in [7, 11) is 0. The Hall–Kier alpha value is -2.51. The molecule has 0 aromatic heterocycles. The number of carboxylic acids is 1. The largest absolute Gasteiger partial charge is 0.481 e. The third-order valence-electron chi connectivity index (χ3n) is 3.62. The molecule has 0 aliphatic carbocycles. The van der Waals surface area contributed by atoms with E-state index in [1.165, 1.54) is 11.8 Å². The normalized spacial score (nSPS) is 21.3. The minimum absolute atomic E-state index is 0.00845. The molecule has 1 unspecified atom stereocenters. The number of aliphatic carboxylic acids is 1. The summed E-state index contributed by atoms with van der Waals surface area (Å²) in [6.45, 7) is 1.73. The Labute approximate surface area is 119 Å². The van der Waals surface area contributed by atoms with Crippen LogP contribution in [0, 0.1) is 21.3 Å². The molecule has 1 heterocycles. The van der Waals surface area contributed by atoms with Gasteiger partial charge in [-0.05, 0) is 19.4 Å². The summed E-state index contributed by atoms with van der Waals surface area (Å²) >= 11 is 0. The van der Waals surface area contributed by atoms with Gasteiger partial charge in [-0.2, -0.15) is 0 Å². The number of carbonyl (C=O) groups excluding carboxylic acids is 1. The second-order valence-corrected chi connectivity index (χ2v) is 5.30. The summed E-state index contributed by atoms with van der Waals surface area (Å²) in [5.74, 6) is -2.50. The van der Waals surface area contributed by atoms with Gasteiger partial charge in [0.2, 0.25) is 0 Å². The van der Waals surface area contributed by atoms with Crippen LogP contribution in [0.15, 0.2) is 18.2 Å². The Balaban J connectivity index is 2.26. The topological polar surface area (TPSA) is 101 Å². The average molecular weight is 296 g/mol. The van der Waals surface area contributed by atoms with E-state index in [9.17, 15) is 24.1 Å². The molecule has 1 atom stereocenters. The molecule has 1 saturated heterocycles. The monoisotopic (exact) mass is 296 g/mol. The molecule has 112 valence electrons. The lowest BCUT2D eigenvalue weighted by atomic mass is 9.90. The van der Waals surface area contributed by atoms with Crippen molar-refractivity contribution < 1.29 is 24.0 Å². The number of carbonyl (C=O) groups is 2. The van der Waals surface area contributed by atoms with Crippen molar-refractivity contribution in [3.63, 3.8) is 0 Å². The van der Waals surface area contributed by atoms with Gasteiger partial charge in [-0.25, -0.2) is 4.39 Å². The first-order valence-corrected chi connectivity index (χ1v) is 6.20. The lowest BCUT2D eigenvalue weighted by Crippen LogP contribution is -2.34. The molecule has 1 fully saturated rings. The van der Waals surface area contributed by atoms with Gasteiger partial charge in [-0.15, -0.1) is 0 Å². The number of halogens is 1. The van der Waals surface area contributed by atoms with Gasteiger partial charge in [0, 0.05) is 24.7 Å².